The molecule has 0 unspecified atom stereocenters. The standard InChI is InChI=1S/C11H17NO.ClH/c1-12(8-5-9-13)10-11-6-3-2-4-7-11;/h2-4,6-7,13H,5,8-10H2,1H3;1H. The van der Waals surface area contributed by atoms with Crippen LogP contribution < -0.4 is 0 Å². The molecule has 0 atom stereocenters. The Balaban J connectivity index is 0.00000169. The fourth-order valence-electron chi connectivity index (χ4n) is 1.31. The van der Waals surface area contributed by atoms with E-state index in [0.29, 0.717) is 0 Å². The van der Waals surface area contributed by atoms with Crippen molar-refractivity contribution in [1.29, 1.82) is 0 Å². The molecule has 0 aliphatic heterocycles. The van der Waals surface area contributed by atoms with Crippen LogP contribution in [-0.2, 0) is 6.54 Å². The number of rotatable bonds is 5. The topological polar surface area (TPSA) is 23.5 Å². The van der Waals surface area contributed by atoms with E-state index in [1.165, 1.54) is 5.56 Å². The number of benzene rings is 1. The minimum Gasteiger partial charge on any atom is -0.396 e. The Morgan fingerprint density at radius 1 is 1.21 bits per heavy atom. The fraction of sp³-hybridized carbons (Fsp3) is 0.455. The Morgan fingerprint density at radius 2 is 1.86 bits per heavy atom. The van der Waals surface area contributed by atoms with Crippen LogP contribution >= 0.6 is 12.4 Å². The molecule has 2 nitrogen and oxygen atoms in total. The van der Waals surface area contributed by atoms with E-state index in [0.717, 1.165) is 19.5 Å². The molecule has 1 aromatic carbocycles. The Labute approximate surface area is 92.0 Å². The summed E-state index contributed by atoms with van der Waals surface area (Å²) in [6.45, 7) is 2.19. The van der Waals surface area contributed by atoms with Crippen LogP contribution in [0.1, 0.15) is 12.0 Å². The van der Waals surface area contributed by atoms with Gasteiger partial charge < -0.3 is 10.0 Å². The normalized spacial score (nSPS) is 9.93. The molecular formula is C11H18ClNO. The predicted octanol–water partition coefficient (Wildman–Crippen LogP) is 1.92. The summed E-state index contributed by atoms with van der Waals surface area (Å²) >= 11 is 0. The lowest BCUT2D eigenvalue weighted by Gasteiger charge is -2.15. The van der Waals surface area contributed by atoms with Crippen molar-refractivity contribution in [2.45, 2.75) is 13.0 Å². The van der Waals surface area contributed by atoms with Gasteiger partial charge in [-0.25, -0.2) is 0 Å². The van der Waals surface area contributed by atoms with Crippen molar-refractivity contribution >= 4 is 12.4 Å². The first kappa shape index (κ1) is 13.4. The van der Waals surface area contributed by atoms with E-state index in [4.69, 9.17) is 5.11 Å². The number of hydrogen-bond acceptors (Lipinski definition) is 2. The largest absolute Gasteiger partial charge is 0.396 e. The molecule has 80 valence electrons. The van der Waals surface area contributed by atoms with Gasteiger partial charge in [0, 0.05) is 19.7 Å². The fourth-order valence-corrected chi connectivity index (χ4v) is 1.31. The van der Waals surface area contributed by atoms with E-state index in [2.05, 4.69) is 36.2 Å². The Kier molecular flexibility index (Phi) is 7.48. The van der Waals surface area contributed by atoms with Gasteiger partial charge in [-0.1, -0.05) is 30.3 Å². The molecule has 1 rings (SSSR count). The van der Waals surface area contributed by atoms with Crippen LogP contribution in [0.15, 0.2) is 30.3 Å². The van der Waals surface area contributed by atoms with Gasteiger partial charge >= 0.3 is 0 Å². The van der Waals surface area contributed by atoms with E-state index in [9.17, 15) is 0 Å². The highest BCUT2D eigenvalue weighted by molar-refractivity contribution is 5.85. The smallest absolute Gasteiger partial charge is 0.0443 e. The Morgan fingerprint density at radius 3 is 2.43 bits per heavy atom. The number of aliphatic hydroxyl groups is 1. The maximum atomic E-state index is 8.65. The maximum Gasteiger partial charge on any atom is 0.0443 e. The zero-order valence-corrected chi connectivity index (χ0v) is 9.33. The molecule has 0 aliphatic carbocycles. The van der Waals surface area contributed by atoms with E-state index >= 15 is 0 Å². The summed E-state index contributed by atoms with van der Waals surface area (Å²) < 4.78 is 0. The van der Waals surface area contributed by atoms with Crippen LogP contribution in [0.5, 0.6) is 0 Å². The van der Waals surface area contributed by atoms with Crippen molar-refractivity contribution in [3.63, 3.8) is 0 Å². The van der Waals surface area contributed by atoms with Crippen LogP contribution in [0.25, 0.3) is 0 Å². The second kappa shape index (κ2) is 7.80. The van der Waals surface area contributed by atoms with Crippen molar-refractivity contribution in [3.8, 4) is 0 Å². The predicted molar refractivity (Wildman–Crippen MR) is 61.7 cm³/mol. The monoisotopic (exact) mass is 215 g/mol. The van der Waals surface area contributed by atoms with Gasteiger partial charge in [0.1, 0.15) is 0 Å². The van der Waals surface area contributed by atoms with Gasteiger partial charge in [-0.2, -0.15) is 0 Å². The highest BCUT2D eigenvalue weighted by atomic mass is 35.5. The van der Waals surface area contributed by atoms with E-state index in [1.54, 1.807) is 0 Å². The average molecular weight is 216 g/mol. The second-order valence-corrected chi connectivity index (χ2v) is 3.30. The van der Waals surface area contributed by atoms with Crippen molar-refractivity contribution < 1.29 is 5.11 Å². The number of aliphatic hydroxyl groups excluding tert-OH is 1. The van der Waals surface area contributed by atoms with Crippen LogP contribution in [0.3, 0.4) is 0 Å². The third-order valence-electron chi connectivity index (χ3n) is 1.99. The SMILES string of the molecule is CN(CCCO)Cc1ccccc1.Cl. The number of halogens is 1. The van der Waals surface area contributed by atoms with E-state index in [-0.39, 0.29) is 19.0 Å². The first-order valence-electron chi connectivity index (χ1n) is 4.66. The van der Waals surface area contributed by atoms with Gasteiger partial charge in [-0.3, -0.25) is 0 Å². The summed E-state index contributed by atoms with van der Waals surface area (Å²) in [5.74, 6) is 0. The minimum absolute atomic E-state index is 0. The van der Waals surface area contributed by atoms with Gasteiger partial charge in [-0.05, 0) is 19.0 Å². The van der Waals surface area contributed by atoms with Crippen molar-refractivity contribution in [2.24, 2.45) is 0 Å². The molecular weight excluding hydrogens is 198 g/mol. The molecule has 0 spiro atoms. The van der Waals surface area contributed by atoms with Crippen molar-refractivity contribution in [3.05, 3.63) is 35.9 Å². The Bertz CT molecular complexity index is 228. The molecule has 0 aliphatic rings. The summed E-state index contributed by atoms with van der Waals surface area (Å²) in [5.41, 5.74) is 1.32. The molecule has 0 radical (unpaired) electrons. The van der Waals surface area contributed by atoms with Gasteiger partial charge in [0.05, 0.1) is 0 Å². The average Bonchev–Trinajstić information content (AvgIpc) is 2.16. The third kappa shape index (κ3) is 5.22. The zero-order chi connectivity index (χ0) is 9.52. The van der Waals surface area contributed by atoms with Gasteiger partial charge in [0.2, 0.25) is 0 Å². The van der Waals surface area contributed by atoms with Crippen LogP contribution in [-0.4, -0.2) is 30.2 Å². The van der Waals surface area contributed by atoms with Crippen LogP contribution in [0.2, 0.25) is 0 Å². The Hall–Kier alpha value is -0.570. The van der Waals surface area contributed by atoms with Crippen LogP contribution in [0.4, 0.5) is 0 Å². The molecule has 0 amide bonds. The summed E-state index contributed by atoms with van der Waals surface area (Å²) in [4.78, 5) is 2.21. The molecule has 1 N–H and O–H groups in total. The van der Waals surface area contributed by atoms with Gasteiger partial charge in [-0.15, -0.1) is 12.4 Å². The molecule has 0 heterocycles. The summed E-state index contributed by atoms with van der Waals surface area (Å²) in [5, 5.41) is 8.65. The third-order valence-corrected chi connectivity index (χ3v) is 1.99. The summed E-state index contributed by atoms with van der Waals surface area (Å²) in [7, 11) is 2.07. The minimum atomic E-state index is 0. The molecule has 0 fully saturated rings. The zero-order valence-electron chi connectivity index (χ0n) is 8.52. The summed E-state index contributed by atoms with van der Waals surface area (Å²) in [6, 6.07) is 10.4. The lowest BCUT2D eigenvalue weighted by Crippen LogP contribution is -2.19. The lowest BCUT2D eigenvalue weighted by atomic mass is 10.2. The number of nitrogens with zero attached hydrogens (tertiary/aromatic N) is 1. The lowest BCUT2D eigenvalue weighted by molar-refractivity contribution is 0.244. The molecule has 14 heavy (non-hydrogen) atoms. The molecule has 0 aromatic heterocycles. The number of hydrogen-bond donors (Lipinski definition) is 1. The van der Waals surface area contributed by atoms with Crippen molar-refractivity contribution in [2.75, 3.05) is 20.2 Å². The van der Waals surface area contributed by atoms with E-state index < -0.39 is 0 Å². The van der Waals surface area contributed by atoms with Gasteiger partial charge in [0.25, 0.3) is 0 Å². The maximum absolute atomic E-state index is 8.65. The van der Waals surface area contributed by atoms with Gasteiger partial charge in [0.15, 0.2) is 0 Å². The first-order valence-corrected chi connectivity index (χ1v) is 4.66. The molecule has 0 saturated carbocycles. The second-order valence-electron chi connectivity index (χ2n) is 3.30. The quantitative estimate of drug-likeness (QED) is 0.812. The highest BCUT2D eigenvalue weighted by Gasteiger charge is 1.98. The first-order chi connectivity index (χ1) is 6.33. The molecule has 0 bridgehead atoms. The molecule has 0 saturated heterocycles. The van der Waals surface area contributed by atoms with E-state index in [1.807, 2.05) is 6.07 Å². The van der Waals surface area contributed by atoms with Crippen LogP contribution in [0, 0.1) is 0 Å². The highest BCUT2D eigenvalue weighted by Crippen LogP contribution is 2.02. The summed E-state index contributed by atoms with van der Waals surface area (Å²) in [6.07, 6.45) is 0.851. The molecule has 3 heteroatoms. The molecule has 1 aromatic rings. The van der Waals surface area contributed by atoms with Crippen molar-refractivity contribution in [1.82, 2.24) is 4.90 Å².